The van der Waals surface area contributed by atoms with Gasteiger partial charge < -0.3 is 10.6 Å². The molecular formula is C15H28N2O. The molecule has 3 heteroatoms. The molecule has 3 nitrogen and oxygen atoms in total. The summed E-state index contributed by atoms with van der Waals surface area (Å²) in [5, 5.41) is 0. The zero-order valence-electron chi connectivity index (χ0n) is 11.7. The van der Waals surface area contributed by atoms with Crippen molar-refractivity contribution in [2.45, 2.75) is 64.3 Å². The molecule has 0 radical (unpaired) electrons. The van der Waals surface area contributed by atoms with E-state index in [-0.39, 0.29) is 12.0 Å². The molecule has 1 aliphatic carbocycles. The molecule has 1 heterocycles. The number of nitrogens with zero attached hydrogens (tertiary/aromatic N) is 1. The average molecular weight is 252 g/mol. The summed E-state index contributed by atoms with van der Waals surface area (Å²) in [7, 11) is 0. The first-order chi connectivity index (χ1) is 8.68. The van der Waals surface area contributed by atoms with Crippen molar-refractivity contribution < 1.29 is 4.79 Å². The SMILES string of the molecule is CC1CCC(N)CC1C(=O)N1CCCCCCC1. The lowest BCUT2D eigenvalue weighted by Gasteiger charge is -2.36. The van der Waals surface area contributed by atoms with E-state index in [0.717, 1.165) is 32.4 Å². The van der Waals surface area contributed by atoms with Gasteiger partial charge in [-0.25, -0.2) is 0 Å². The summed E-state index contributed by atoms with van der Waals surface area (Å²) >= 11 is 0. The summed E-state index contributed by atoms with van der Waals surface area (Å²) in [6.45, 7) is 4.16. The number of hydrogen-bond acceptors (Lipinski definition) is 2. The van der Waals surface area contributed by atoms with Crippen molar-refractivity contribution in [1.82, 2.24) is 4.90 Å². The number of nitrogens with two attached hydrogens (primary N) is 1. The van der Waals surface area contributed by atoms with E-state index in [1.807, 2.05) is 0 Å². The van der Waals surface area contributed by atoms with Gasteiger partial charge in [0.05, 0.1) is 0 Å². The molecule has 18 heavy (non-hydrogen) atoms. The second-order valence-corrected chi connectivity index (χ2v) is 6.25. The van der Waals surface area contributed by atoms with Crippen molar-refractivity contribution in [3.05, 3.63) is 0 Å². The van der Waals surface area contributed by atoms with Crippen LogP contribution in [0.3, 0.4) is 0 Å². The van der Waals surface area contributed by atoms with E-state index >= 15 is 0 Å². The molecule has 104 valence electrons. The Kier molecular flexibility index (Phi) is 5.04. The Labute approximate surface area is 111 Å². The van der Waals surface area contributed by atoms with Crippen molar-refractivity contribution in [2.75, 3.05) is 13.1 Å². The van der Waals surface area contributed by atoms with E-state index in [4.69, 9.17) is 5.73 Å². The maximum Gasteiger partial charge on any atom is 0.226 e. The van der Waals surface area contributed by atoms with Gasteiger partial charge in [0.1, 0.15) is 0 Å². The van der Waals surface area contributed by atoms with Gasteiger partial charge in [-0.15, -0.1) is 0 Å². The van der Waals surface area contributed by atoms with Gasteiger partial charge in [-0.2, -0.15) is 0 Å². The maximum atomic E-state index is 12.6. The van der Waals surface area contributed by atoms with Gasteiger partial charge >= 0.3 is 0 Å². The van der Waals surface area contributed by atoms with Crippen molar-refractivity contribution in [3.8, 4) is 0 Å². The van der Waals surface area contributed by atoms with Crippen LogP contribution in [0.25, 0.3) is 0 Å². The number of amides is 1. The van der Waals surface area contributed by atoms with Gasteiger partial charge in [-0.3, -0.25) is 4.79 Å². The van der Waals surface area contributed by atoms with Gasteiger partial charge in [-0.05, 0) is 38.0 Å². The number of hydrogen-bond donors (Lipinski definition) is 1. The largest absolute Gasteiger partial charge is 0.342 e. The Morgan fingerprint density at radius 1 is 1.06 bits per heavy atom. The van der Waals surface area contributed by atoms with Crippen LogP contribution in [0.2, 0.25) is 0 Å². The van der Waals surface area contributed by atoms with Gasteiger partial charge in [0.15, 0.2) is 0 Å². The number of carbonyl (C=O) groups is 1. The zero-order valence-corrected chi connectivity index (χ0v) is 11.7. The Hall–Kier alpha value is -0.570. The van der Waals surface area contributed by atoms with Crippen LogP contribution in [0.15, 0.2) is 0 Å². The fraction of sp³-hybridized carbons (Fsp3) is 0.933. The van der Waals surface area contributed by atoms with E-state index in [1.165, 1.54) is 32.1 Å². The summed E-state index contributed by atoms with van der Waals surface area (Å²) in [4.78, 5) is 14.8. The molecule has 0 aromatic heterocycles. The minimum atomic E-state index is 0.188. The Morgan fingerprint density at radius 2 is 1.67 bits per heavy atom. The van der Waals surface area contributed by atoms with E-state index in [1.54, 1.807) is 0 Å². The van der Waals surface area contributed by atoms with E-state index in [9.17, 15) is 4.79 Å². The maximum absolute atomic E-state index is 12.6. The molecular weight excluding hydrogens is 224 g/mol. The van der Waals surface area contributed by atoms with Gasteiger partial charge in [0.25, 0.3) is 0 Å². The summed E-state index contributed by atoms with van der Waals surface area (Å²) in [6, 6.07) is 0.241. The van der Waals surface area contributed by atoms with Gasteiger partial charge in [0, 0.05) is 25.0 Å². The van der Waals surface area contributed by atoms with Crippen molar-refractivity contribution in [2.24, 2.45) is 17.6 Å². The zero-order chi connectivity index (χ0) is 13.0. The summed E-state index contributed by atoms with van der Waals surface area (Å²) in [5.74, 6) is 1.09. The van der Waals surface area contributed by atoms with Crippen LogP contribution in [0.4, 0.5) is 0 Å². The molecule has 1 aliphatic heterocycles. The molecule has 3 atom stereocenters. The third-order valence-electron chi connectivity index (χ3n) is 4.72. The van der Waals surface area contributed by atoms with Crippen LogP contribution in [-0.4, -0.2) is 29.9 Å². The standard InChI is InChI=1S/C15H28N2O/c1-12-7-8-13(16)11-14(12)15(18)17-9-5-3-2-4-6-10-17/h12-14H,2-11,16H2,1H3. The molecule has 0 bridgehead atoms. The first-order valence-electron chi connectivity index (χ1n) is 7.73. The number of likely N-dealkylation sites (tertiary alicyclic amines) is 1. The lowest BCUT2D eigenvalue weighted by atomic mass is 9.77. The molecule has 2 fully saturated rings. The van der Waals surface area contributed by atoms with Crippen LogP contribution >= 0.6 is 0 Å². The fourth-order valence-electron chi connectivity index (χ4n) is 3.40. The van der Waals surface area contributed by atoms with Crippen LogP contribution in [0, 0.1) is 11.8 Å². The van der Waals surface area contributed by atoms with Crippen LogP contribution in [0.5, 0.6) is 0 Å². The Bertz CT molecular complexity index is 272. The van der Waals surface area contributed by atoms with Crippen LogP contribution in [0.1, 0.15) is 58.3 Å². The molecule has 1 saturated heterocycles. The van der Waals surface area contributed by atoms with Gasteiger partial charge in [0.2, 0.25) is 5.91 Å². The van der Waals surface area contributed by atoms with Crippen molar-refractivity contribution >= 4 is 5.91 Å². The predicted octanol–water partition coefficient (Wildman–Crippen LogP) is 2.54. The van der Waals surface area contributed by atoms with E-state index < -0.39 is 0 Å². The van der Waals surface area contributed by atoms with Gasteiger partial charge in [-0.1, -0.05) is 26.2 Å². The second-order valence-electron chi connectivity index (χ2n) is 6.25. The fourth-order valence-corrected chi connectivity index (χ4v) is 3.40. The summed E-state index contributed by atoms with van der Waals surface area (Å²) < 4.78 is 0. The number of rotatable bonds is 1. The third-order valence-corrected chi connectivity index (χ3v) is 4.72. The topological polar surface area (TPSA) is 46.3 Å². The summed E-state index contributed by atoms with van der Waals surface area (Å²) in [5.41, 5.74) is 6.04. The second kappa shape index (κ2) is 6.55. The first kappa shape index (κ1) is 13.9. The highest BCUT2D eigenvalue weighted by Crippen LogP contribution is 2.31. The normalized spacial score (nSPS) is 34.8. The molecule has 1 saturated carbocycles. The smallest absolute Gasteiger partial charge is 0.226 e. The first-order valence-corrected chi connectivity index (χ1v) is 7.73. The Balaban J connectivity index is 1.94. The van der Waals surface area contributed by atoms with Crippen LogP contribution < -0.4 is 5.73 Å². The molecule has 0 spiro atoms. The molecule has 0 aromatic carbocycles. The minimum absolute atomic E-state index is 0.188. The lowest BCUT2D eigenvalue weighted by molar-refractivity contribution is -0.138. The van der Waals surface area contributed by atoms with E-state index in [0.29, 0.717) is 11.8 Å². The highest BCUT2D eigenvalue weighted by atomic mass is 16.2. The lowest BCUT2D eigenvalue weighted by Crippen LogP contribution is -2.44. The van der Waals surface area contributed by atoms with Crippen molar-refractivity contribution in [3.63, 3.8) is 0 Å². The monoisotopic (exact) mass is 252 g/mol. The van der Waals surface area contributed by atoms with Crippen LogP contribution in [-0.2, 0) is 4.79 Å². The van der Waals surface area contributed by atoms with E-state index in [2.05, 4.69) is 11.8 Å². The molecule has 3 unspecified atom stereocenters. The average Bonchev–Trinajstić information content (AvgIpc) is 2.31. The highest BCUT2D eigenvalue weighted by molar-refractivity contribution is 5.79. The Morgan fingerprint density at radius 3 is 2.33 bits per heavy atom. The quantitative estimate of drug-likeness (QED) is 0.779. The third kappa shape index (κ3) is 3.47. The molecule has 2 rings (SSSR count). The number of carbonyl (C=O) groups excluding carboxylic acids is 1. The molecule has 2 aliphatic rings. The summed E-state index contributed by atoms with van der Waals surface area (Å²) in [6.07, 6.45) is 9.37. The molecule has 1 amide bonds. The highest BCUT2D eigenvalue weighted by Gasteiger charge is 2.33. The van der Waals surface area contributed by atoms with Crippen molar-refractivity contribution in [1.29, 1.82) is 0 Å². The predicted molar refractivity (Wildman–Crippen MR) is 74.1 cm³/mol. The minimum Gasteiger partial charge on any atom is -0.342 e. The molecule has 2 N–H and O–H groups in total. The molecule has 0 aromatic rings.